The minimum atomic E-state index is -0.100. The summed E-state index contributed by atoms with van der Waals surface area (Å²) in [6, 6.07) is 8.29. The molecule has 0 aliphatic rings. The zero-order valence-electron chi connectivity index (χ0n) is 9.01. The molecule has 0 aliphatic heterocycles. The van der Waals surface area contributed by atoms with E-state index in [1.54, 1.807) is 0 Å². The zero-order chi connectivity index (χ0) is 13.7. The third-order valence-corrected chi connectivity index (χ3v) is 2.58. The molecule has 0 fully saturated rings. The van der Waals surface area contributed by atoms with E-state index in [2.05, 4.69) is 0 Å². The number of rotatable bonds is 0. The number of hydrogen-bond acceptors (Lipinski definition) is 4. The lowest BCUT2D eigenvalue weighted by atomic mass is 10.3. The van der Waals surface area contributed by atoms with E-state index in [0.29, 0.717) is 0 Å². The Morgan fingerprint density at radius 1 is 0.722 bits per heavy atom. The van der Waals surface area contributed by atoms with Gasteiger partial charge in [0.2, 0.25) is 0 Å². The summed E-state index contributed by atoms with van der Waals surface area (Å²) < 4.78 is 0. The Bertz CT molecular complexity index is 523. The average Bonchev–Trinajstić information content (AvgIpc) is 2.32. The SMILES string of the molecule is Oc1ccc(O)c(Cl)c1.Oc1cccc(O)c1Cl. The normalized spacial score (nSPS) is 9.44. The molecule has 4 nitrogen and oxygen atoms in total. The van der Waals surface area contributed by atoms with E-state index in [-0.39, 0.29) is 33.0 Å². The molecular weight excluding hydrogens is 279 g/mol. The number of phenols is 4. The molecule has 2 aromatic carbocycles. The van der Waals surface area contributed by atoms with Crippen LogP contribution in [0.15, 0.2) is 36.4 Å². The number of aromatic hydroxyl groups is 4. The van der Waals surface area contributed by atoms with Crippen molar-refractivity contribution in [2.45, 2.75) is 0 Å². The molecule has 0 unspecified atom stereocenters. The molecule has 0 saturated carbocycles. The summed E-state index contributed by atoms with van der Waals surface area (Å²) in [5.41, 5.74) is 0. The lowest BCUT2D eigenvalue weighted by Crippen LogP contribution is -1.67. The number of hydrogen-bond donors (Lipinski definition) is 4. The van der Waals surface area contributed by atoms with E-state index in [1.165, 1.54) is 36.4 Å². The fourth-order valence-electron chi connectivity index (χ4n) is 1.00. The van der Waals surface area contributed by atoms with E-state index in [0.717, 1.165) is 0 Å². The fourth-order valence-corrected chi connectivity index (χ4v) is 1.30. The first-order chi connectivity index (χ1) is 8.41. The van der Waals surface area contributed by atoms with Crippen LogP contribution in [0.1, 0.15) is 0 Å². The van der Waals surface area contributed by atoms with E-state index < -0.39 is 0 Å². The van der Waals surface area contributed by atoms with Gasteiger partial charge >= 0.3 is 0 Å². The van der Waals surface area contributed by atoms with Gasteiger partial charge in [-0.3, -0.25) is 0 Å². The molecule has 0 saturated heterocycles. The van der Waals surface area contributed by atoms with Gasteiger partial charge in [0.15, 0.2) is 0 Å². The van der Waals surface area contributed by atoms with Crippen LogP contribution in [0.4, 0.5) is 0 Å². The van der Waals surface area contributed by atoms with Crippen LogP contribution >= 0.6 is 23.2 Å². The summed E-state index contributed by atoms with van der Waals surface area (Å²) in [6.45, 7) is 0. The van der Waals surface area contributed by atoms with Crippen molar-refractivity contribution in [3.8, 4) is 23.0 Å². The Labute approximate surface area is 113 Å². The lowest BCUT2D eigenvalue weighted by molar-refractivity contribution is 0.451. The van der Waals surface area contributed by atoms with Gasteiger partial charge in [0.05, 0.1) is 5.02 Å². The molecule has 0 aromatic heterocycles. The second kappa shape index (κ2) is 6.23. The molecular formula is C12H10Cl2O4. The second-order valence-electron chi connectivity index (χ2n) is 3.25. The van der Waals surface area contributed by atoms with Crippen molar-refractivity contribution in [3.05, 3.63) is 46.4 Å². The maximum Gasteiger partial charge on any atom is 0.137 e. The maximum atomic E-state index is 8.81. The van der Waals surface area contributed by atoms with E-state index >= 15 is 0 Å². The van der Waals surface area contributed by atoms with Crippen molar-refractivity contribution in [1.29, 1.82) is 0 Å². The second-order valence-corrected chi connectivity index (χ2v) is 4.03. The summed E-state index contributed by atoms with van der Waals surface area (Å²) in [4.78, 5) is 0. The van der Waals surface area contributed by atoms with Crippen LogP contribution in [0.2, 0.25) is 10.0 Å². The van der Waals surface area contributed by atoms with Gasteiger partial charge in [0, 0.05) is 6.07 Å². The van der Waals surface area contributed by atoms with Gasteiger partial charge in [0.25, 0.3) is 0 Å². The summed E-state index contributed by atoms with van der Waals surface area (Å²) in [7, 11) is 0. The molecule has 2 aromatic rings. The predicted octanol–water partition coefficient (Wildman–Crippen LogP) is 3.50. The monoisotopic (exact) mass is 288 g/mol. The first-order valence-electron chi connectivity index (χ1n) is 4.75. The molecule has 0 bridgehead atoms. The van der Waals surface area contributed by atoms with Crippen molar-refractivity contribution in [2.24, 2.45) is 0 Å². The van der Waals surface area contributed by atoms with Crippen LogP contribution in [0.25, 0.3) is 0 Å². The van der Waals surface area contributed by atoms with Crippen LogP contribution < -0.4 is 0 Å². The van der Waals surface area contributed by atoms with Crippen LogP contribution in [0, 0.1) is 0 Å². The third-order valence-electron chi connectivity index (χ3n) is 1.89. The number of phenolic OH excluding ortho intramolecular Hbond substituents is 4. The molecule has 0 radical (unpaired) electrons. The Balaban J connectivity index is 0.000000180. The number of halogens is 2. The van der Waals surface area contributed by atoms with Gasteiger partial charge in [0.1, 0.15) is 28.0 Å². The van der Waals surface area contributed by atoms with Gasteiger partial charge in [-0.2, -0.15) is 0 Å². The minimum Gasteiger partial charge on any atom is -0.508 e. The largest absolute Gasteiger partial charge is 0.508 e. The predicted molar refractivity (Wildman–Crippen MR) is 69.6 cm³/mol. The minimum absolute atomic E-state index is 0.00231. The smallest absolute Gasteiger partial charge is 0.137 e. The molecule has 0 aliphatic carbocycles. The van der Waals surface area contributed by atoms with Gasteiger partial charge in [-0.15, -0.1) is 0 Å². The van der Waals surface area contributed by atoms with Gasteiger partial charge in [-0.1, -0.05) is 29.3 Å². The maximum absolute atomic E-state index is 8.81. The van der Waals surface area contributed by atoms with Gasteiger partial charge in [-0.05, 0) is 24.3 Å². The quantitative estimate of drug-likeness (QED) is 0.559. The first kappa shape index (κ1) is 14.3. The van der Waals surface area contributed by atoms with Gasteiger partial charge < -0.3 is 20.4 Å². The van der Waals surface area contributed by atoms with Crippen molar-refractivity contribution < 1.29 is 20.4 Å². The van der Waals surface area contributed by atoms with Crippen LogP contribution in [0.3, 0.4) is 0 Å². The first-order valence-corrected chi connectivity index (χ1v) is 5.51. The van der Waals surface area contributed by atoms with E-state index in [1.807, 2.05) is 0 Å². The van der Waals surface area contributed by atoms with Crippen molar-refractivity contribution >= 4 is 23.2 Å². The molecule has 0 spiro atoms. The average molecular weight is 289 g/mol. The van der Waals surface area contributed by atoms with Crippen molar-refractivity contribution in [1.82, 2.24) is 0 Å². The summed E-state index contributed by atoms with van der Waals surface area (Å²) >= 11 is 10.8. The number of benzene rings is 2. The Morgan fingerprint density at radius 3 is 1.67 bits per heavy atom. The Kier molecular flexibility index (Phi) is 4.95. The lowest BCUT2D eigenvalue weighted by Gasteiger charge is -1.95. The van der Waals surface area contributed by atoms with Crippen LogP contribution in [-0.2, 0) is 0 Å². The van der Waals surface area contributed by atoms with Gasteiger partial charge in [-0.25, -0.2) is 0 Å². The molecule has 0 atom stereocenters. The summed E-state index contributed by atoms with van der Waals surface area (Å²) in [6.07, 6.45) is 0. The molecule has 6 heteroatoms. The van der Waals surface area contributed by atoms with E-state index in [9.17, 15) is 0 Å². The highest BCUT2D eigenvalue weighted by molar-refractivity contribution is 6.33. The van der Waals surface area contributed by atoms with Crippen molar-refractivity contribution in [2.75, 3.05) is 0 Å². The summed E-state index contributed by atoms with van der Waals surface area (Å²) in [5.74, 6) is -0.166. The highest BCUT2D eigenvalue weighted by Crippen LogP contribution is 2.31. The molecule has 96 valence electrons. The van der Waals surface area contributed by atoms with Crippen LogP contribution in [-0.4, -0.2) is 20.4 Å². The highest BCUT2D eigenvalue weighted by atomic mass is 35.5. The molecule has 0 heterocycles. The van der Waals surface area contributed by atoms with Crippen molar-refractivity contribution in [3.63, 3.8) is 0 Å². The highest BCUT2D eigenvalue weighted by Gasteiger charge is 2.00. The Morgan fingerprint density at radius 2 is 1.28 bits per heavy atom. The topological polar surface area (TPSA) is 80.9 Å². The molecule has 2 rings (SSSR count). The fraction of sp³-hybridized carbons (Fsp3) is 0. The van der Waals surface area contributed by atoms with Crippen LogP contribution in [0.5, 0.6) is 23.0 Å². The molecule has 4 N–H and O–H groups in total. The third kappa shape index (κ3) is 3.91. The standard InChI is InChI=1S/2C6H5ClO2/c7-5-3-4(8)1-2-6(5)9;7-6-4(8)2-1-3-5(6)9/h2*1-3,8-9H. The molecule has 18 heavy (non-hydrogen) atoms. The van der Waals surface area contributed by atoms with E-state index in [4.69, 9.17) is 43.6 Å². The zero-order valence-corrected chi connectivity index (χ0v) is 10.5. The Hall–Kier alpha value is -1.78. The summed E-state index contributed by atoms with van der Waals surface area (Å²) in [5, 5.41) is 35.3. The molecule has 0 amide bonds.